The Labute approximate surface area is 142 Å². The van der Waals surface area contributed by atoms with Gasteiger partial charge in [-0.1, -0.05) is 31.4 Å². The molecule has 1 aliphatic heterocycles. The molecule has 3 rings (SSSR count). The van der Waals surface area contributed by atoms with Crippen molar-refractivity contribution in [3.05, 3.63) is 24.3 Å². The van der Waals surface area contributed by atoms with Gasteiger partial charge in [-0.2, -0.15) is 0 Å². The largest absolute Gasteiger partial charge is 0.352 e. The van der Waals surface area contributed by atoms with Crippen LogP contribution in [-0.4, -0.2) is 38.6 Å². The second kappa shape index (κ2) is 6.93. The maximum Gasteiger partial charge on any atom is 0.240 e. The van der Waals surface area contributed by atoms with Crippen LogP contribution in [0.3, 0.4) is 0 Å². The van der Waals surface area contributed by atoms with Crippen molar-refractivity contribution < 1.29 is 18.0 Å². The van der Waals surface area contributed by atoms with Crippen LogP contribution in [0.4, 0.5) is 5.69 Å². The standard InChI is InChI=1S/C17H22N2O4S/c20-16(18-13-6-2-1-3-7-13)12-19-14-8-4-5-9-15(14)24(22,23)11-10-17(19)21/h4-5,8-9,13H,1-3,6-7,10-12H2,(H,18,20). The minimum atomic E-state index is -3.50. The third-order valence-electron chi connectivity index (χ3n) is 4.65. The maximum absolute atomic E-state index is 12.4. The van der Waals surface area contributed by atoms with E-state index in [0.29, 0.717) is 5.69 Å². The van der Waals surface area contributed by atoms with Gasteiger partial charge in [-0.3, -0.25) is 9.59 Å². The number of nitrogens with one attached hydrogen (secondary N) is 1. The van der Waals surface area contributed by atoms with Gasteiger partial charge in [0.05, 0.1) is 16.3 Å². The normalized spacial score (nSPS) is 21.0. The fourth-order valence-corrected chi connectivity index (χ4v) is 4.83. The number of nitrogens with zero attached hydrogens (tertiary/aromatic N) is 1. The van der Waals surface area contributed by atoms with Gasteiger partial charge in [0.2, 0.25) is 11.8 Å². The number of amides is 2. The molecule has 1 aromatic carbocycles. The summed E-state index contributed by atoms with van der Waals surface area (Å²) >= 11 is 0. The molecular weight excluding hydrogens is 328 g/mol. The first-order valence-electron chi connectivity index (χ1n) is 8.39. The average molecular weight is 350 g/mol. The molecule has 0 bridgehead atoms. The SMILES string of the molecule is O=C(CN1C(=O)CCS(=O)(=O)c2ccccc21)NC1CCCCC1. The monoisotopic (exact) mass is 350 g/mol. The number of fused-ring (bicyclic) bond motifs is 1. The summed E-state index contributed by atoms with van der Waals surface area (Å²) < 4.78 is 24.6. The van der Waals surface area contributed by atoms with E-state index in [-0.39, 0.29) is 41.5 Å². The van der Waals surface area contributed by atoms with Crippen molar-refractivity contribution >= 4 is 27.3 Å². The van der Waals surface area contributed by atoms with Crippen LogP contribution in [0.15, 0.2) is 29.2 Å². The van der Waals surface area contributed by atoms with Gasteiger partial charge in [0, 0.05) is 12.5 Å². The molecule has 1 aliphatic carbocycles. The lowest BCUT2D eigenvalue weighted by atomic mass is 9.95. The molecule has 1 saturated carbocycles. The number of hydrogen-bond acceptors (Lipinski definition) is 4. The van der Waals surface area contributed by atoms with E-state index in [4.69, 9.17) is 0 Å². The average Bonchev–Trinajstić information content (AvgIpc) is 2.67. The summed E-state index contributed by atoms with van der Waals surface area (Å²) in [6.45, 7) is -0.137. The molecule has 2 amide bonds. The van der Waals surface area contributed by atoms with E-state index in [1.165, 1.54) is 17.4 Å². The summed E-state index contributed by atoms with van der Waals surface area (Å²) in [6.07, 6.45) is 5.23. The van der Waals surface area contributed by atoms with Gasteiger partial charge in [0.25, 0.3) is 0 Å². The maximum atomic E-state index is 12.4. The van der Waals surface area contributed by atoms with Crippen LogP contribution >= 0.6 is 0 Å². The zero-order chi connectivity index (χ0) is 17.2. The van der Waals surface area contributed by atoms with Crippen molar-refractivity contribution in [2.24, 2.45) is 0 Å². The van der Waals surface area contributed by atoms with E-state index in [0.717, 1.165) is 25.7 Å². The number of para-hydroxylation sites is 1. The summed E-state index contributed by atoms with van der Waals surface area (Å²) in [5.74, 6) is -0.782. The van der Waals surface area contributed by atoms with Crippen molar-refractivity contribution in [2.45, 2.75) is 49.5 Å². The molecule has 0 saturated heterocycles. The minimum Gasteiger partial charge on any atom is -0.352 e. The van der Waals surface area contributed by atoms with Crippen molar-refractivity contribution in [3.8, 4) is 0 Å². The highest BCUT2D eigenvalue weighted by Gasteiger charge is 2.31. The fraction of sp³-hybridized carbons (Fsp3) is 0.529. The number of sulfone groups is 1. The molecule has 0 radical (unpaired) electrons. The zero-order valence-electron chi connectivity index (χ0n) is 13.5. The molecule has 1 aromatic rings. The molecule has 1 fully saturated rings. The molecule has 7 heteroatoms. The summed E-state index contributed by atoms with van der Waals surface area (Å²) in [6, 6.07) is 6.55. The van der Waals surface area contributed by atoms with Gasteiger partial charge in [-0.25, -0.2) is 8.42 Å². The van der Waals surface area contributed by atoms with Crippen LogP contribution < -0.4 is 10.2 Å². The molecule has 1 N–H and O–H groups in total. The third kappa shape index (κ3) is 3.61. The third-order valence-corrected chi connectivity index (χ3v) is 6.41. The number of hydrogen-bond donors (Lipinski definition) is 1. The van der Waals surface area contributed by atoms with E-state index >= 15 is 0 Å². The zero-order valence-corrected chi connectivity index (χ0v) is 14.3. The van der Waals surface area contributed by atoms with Crippen molar-refractivity contribution in [1.29, 1.82) is 0 Å². The molecular formula is C17H22N2O4S. The Morgan fingerprint density at radius 3 is 2.62 bits per heavy atom. The van der Waals surface area contributed by atoms with Crippen molar-refractivity contribution in [2.75, 3.05) is 17.2 Å². The molecule has 130 valence electrons. The van der Waals surface area contributed by atoms with Gasteiger partial charge in [-0.05, 0) is 25.0 Å². The second-order valence-corrected chi connectivity index (χ2v) is 8.50. The predicted molar refractivity (Wildman–Crippen MR) is 90.5 cm³/mol. The van der Waals surface area contributed by atoms with Gasteiger partial charge in [-0.15, -0.1) is 0 Å². The number of rotatable bonds is 3. The van der Waals surface area contributed by atoms with Crippen LogP contribution in [0.1, 0.15) is 38.5 Å². The fourth-order valence-electron chi connectivity index (χ4n) is 3.38. The van der Waals surface area contributed by atoms with Crippen molar-refractivity contribution in [1.82, 2.24) is 5.32 Å². The highest BCUT2D eigenvalue weighted by atomic mass is 32.2. The predicted octanol–water partition coefficient (Wildman–Crippen LogP) is 1.65. The Morgan fingerprint density at radius 1 is 1.17 bits per heavy atom. The summed E-state index contributed by atoms with van der Waals surface area (Å²) in [4.78, 5) is 26.2. The quantitative estimate of drug-likeness (QED) is 0.898. The van der Waals surface area contributed by atoms with Crippen LogP contribution in [0, 0.1) is 0 Å². The topological polar surface area (TPSA) is 83.6 Å². The molecule has 0 atom stereocenters. The van der Waals surface area contributed by atoms with Gasteiger partial charge in [0.15, 0.2) is 9.84 Å². The lowest BCUT2D eigenvalue weighted by molar-refractivity contribution is -0.124. The first-order valence-corrected chi connectivity index (χ1v) is 10.0. The second-order valence-electron chi connectivity index (χ2n) is 6.42. The summed E-state index contributed by atoms with van der Waals surface area (Å²) in [5.41, 5.74) is 0.304. The van der Waals surface area contributed by atoms with Crippen LogP contribution in [0.5, 0.6) is 0 Å². The Kier molecular flexibility index (Phi) is 4.89. The molecule has 0 aromatic heterocycles. The first-order chi connectivity index (χ1) is 11.5. The molecule has 0 unspecified atom stereocenters. The summed E-state index contributed by atoms with van der Waals surface area (Å²) in [7, 11) is -3.50. The number of carbonyl (C=O) groups is 2. The Bertz CT molecular complexity index is 739. The highest BCUT2D eigenvalue weighted by Crippen LogP contribution is 2.30. The Hall–Kier alpha value is -1.89. The Morgan fingerprint density at radius 2 is 1.88 bits per heavy atom. The smallest absolute Gasteiger partial charge is 0.240 e. The molecule has 24 heavy (non-hydrogen) atoms. The number of carbonyl (C=O) groups excluding carboxylic acids is 2. The van der Waals surface area contributed by atoms with E-state index < -0.39 is 9.84 Å². The number of anilines is 1. The lowest BCUT2D eigenvalue weighted by Crippen LogP contribution is -2.44. The minimum absolute atomic E-state index is 0.103. The van der Waals surface area contributed by atoms with E-state index in [9.17, 15) is 18.0 Å². The molecule has 1 heterocycles. The Balaban J connectivity index is 1.80. The van der Waals surface area contributed by atoms with E-state index in [1.54, 1.807) is 18.2 Å². The number of benzene rings is 1. The molecule has 2 aliphatic rings. The molecule has 6 nitrogen and oxygen atoms in total. The van der Waals surface area contributed by atoms with Crippen molar-refractivity contribution in [3.63, 3.8) is 0 Å². The van der Waals surface area contributed by atoms with Gasteiger partial charge in [0.1, 0.15) is 6.54 Å². The highest BCUT2D eigenvalue weighted by molar-refractivity contribution is 7.91. The van der Waals surface area contributed by atoms with E-state index in [1.807, 2.05) is 0 Å². The van der Waals surface area contributed by atoms with Crippen LogP contribution in [-0.2, 0) is 19.4 Å². The van der Waals surface area contributed by atoms with E-state index in [2.05, 4.69) is 5.32 Å². The first kappa shape index (κ1) is 17.0. The van der Waals surface area contributed by atoms with Crippen LogP contribution in [0.25, 0.3) is 0 Å². The van der Waals surface area contributed by atoms with Crippen LogP contribution in [0.2, 0.25) is 0 Å². The molecule has 0 spiro atoms. The van der Waals surface area contributed by atoms with Gasteiger partial charge >= 0.3 is 0 Å². The lowest BCUT2D eigenvalue weighted by Gasteiger charge is -2.26. The van der Waals surface area contributed by atoms with Gasteiger partial charge < -0.3 is 10.2 Å². The summed E-state index contributed by atoms with van der Waals surface area (Å²) in [5, 5.41) is 2.98.